The number of benzene rings is 2. The van der Waals surface area contributed by atoms with Crippen LogP contribution in [0.1, 0.15) is 35.8 Å². The van der Waals surface area contributed by atoms with E-state index in [1.54, 1.807) is 30.5 Å². The first-order valence-corrected chi connectivity index (χ1v) is 11.4. The van der Waals surface area contributed by atoms with Crippen molar-refractivity contribution in [2.45, 2.75) is 26.4 Å². The van der Waals surface area contributed by atoms with Crippen LogP contribution in [0.25, 0.3) is 11.3 Å². The van der Waals surface area contributed by atoms with Crippen molar-refractivity contribution < 1.29 is 9.53 Å². The van der Waals surface area contributed by atoms with Crippen LogP contribution in [0.5, 0.6) is 5.75 Å². The summed E-state index contributed by atoms with van der Waals surface area (Å²) < 4.78 is 7.33. The van der Waals surface area contributed by atoms with Crippen molar-refractivity contribution in [3.63, 3.8) is 0 Å². The fraction of sp³-hybridized carbons (Fsp3) is 0.200. The minimum absolute atomic E-state index is 0.216. The molecule has 0 unspecified atom stereocenters. The molecule has 2 heterocycles. The fourth-order valence-corrected chi connectivity index (χ4v) is 3.62. The summed E-state index contributed by atoms with van der Waals surface area (Å²) in [5, 5.41) is 10.8. The van der Waals surface area contributed by atoms with Gasteiger partial charge in [-0.05, 0) is 49.7 Å². The summed E-state index contributed by atoms with van der Waals surface area (Å²) in [7, 11) is 1.53. The van der Waals surface area contributed by atoms with E-state index in [0.29, 0.717) is 45.9 Å². The van der Waals surface area contributed by atoms with Crippen molar-refractivity contribution >= 4 is 34.8 Å². The Bertz CT molecular complexity index is 1350. The average molecular weight is 492 g/mol. The summed E-state index contributed by atoms with van der Waals surface area (Å²) in [5.74, 6) is 0.567. The average Bonchev–Trinajstić information content (AvgIpc) is 3.34. The molecule has 4 aromatic rings. The van der Waals surface area contributed by atoms with Gasteiger partial charge in [0.25, 0.3) is 5.91 Å². The van der Waals surface area contributed by atoms with Gasteiger partial charge in [0.1, 0.15) is 5.75 Å². The first kappa shape index (κ1) is 24.0. The van der Waals surface area contributed by atoms with Crippen LogP contribution in [0.3, 0.4) is 0 Å². The van der Waals surface area contributed by atoms with Crippen LogP contribution in [-0.4, -0.2) is 32.8 Å². The second-order valence-corrected chi connectivity index (χ2v) is 8.57. The quantitative estimate of drug-likeness (QED) is 0.301. The Morgan fingerprint density at radius 3 is 2.74 bits per heavy atom. The molecule has 0 saturated heterocycles. The van der Waals surface area contributed by atoms with E-state index < -0.39 is 0 Å². The zero-order valence-electron chi connectivity index (χ0n) is 19.6. The predicted octanol–water partition coefficient (Wildman–Crippen LogP) is 4.84. The lowest BCUT2D eigenvalue weighted by Crippen LogP contribution is -2.22. The van der Waals surface area contributed by atoms with Gasteiger partial charge in [-0.3, -0.25) is 9.48 Å². The molecule has 180 valence electrons. The molecule has 0 fully saturated rings. The summed E-state index contributed by atoms with van der Waals surface area (Å²) in [5.41, 5.74) is 9.77. The topological polar surface area (TPSA) is 120 Å². The Labute approximate surface area is 208 Å². The van der Waals surface area contributed by atoms with Gasteiger partial charge in [-0.15, -0.1) is 0 Å². The van der Waals surface area contributed by atoms with Gasteiger partial charge in [-0.25, -0.2) is 9.97 Å². The van der Waals surface area contributed by atoms with Gasteiger partial charge in [-0.1, -0.05) is 23.7 Å². The van der Waals surface area contributed by atoms with E-state index in [1.807, 2.05) is 42.9 Å². The zero-order chi connectivity index (χ0) is 24.9. The molecule has 0 aliphatic rings. The van der Waals surface area contributed by atoms with Crippen LogP contribution >= 0.6 is 11.6 Å². The molecule has 1 amide bonds. The van der Waals surface area contributed by atoms with Crippen molar-refractivity contribution in [1.82, 2.24) is 25.1 Å². The molecular formula is C25H26ClN7O2. The van der Waals surface area contributed by atoms with Crippen LogP contribution in [0.15, 0.2) is 61.1 Å². The van der Waals surface area contributed by atoms with Crippen molar-refractivity contribution in [1.29, 1.82) is 0 Å². The number of hydrogen-bond donors (Lipinski definition) is 3. The lowest BCUT2D eigenvalue weighted by molar-refractivity contribution is 0.0950. The number of halogens is 1. The number of hydrogen-bond acceptors (Lipinski definition) is 7. The molecule has 0 bridgehead atoms. The molecule has 0 saturated carbocycles. The van der Waals surface area contributed by atoms with Crippen molar-refractivity contribution in [3.05, 3.63) is 77.2 Å². The SMILES string of the molecule is COc1cc(C(=O)NCc2cccc(N)c2)ccc1Nc1ncc(Cl)c(-c2cnn(C(C)C)c2)n1. The van der Waals surface area contributed by atoms with E-state index in [1.165, 1.54) is 13.3 Å². The standard InChI is InChI=1S/C25H26ClN7O2/c1-15(2)33-14-18(12-30-33)23-20(26)13-29-25(32-23)31-21-8-7-17(10-22(21)35-3)24(34)28-11-16-5-4-6-19(27)9-16/h4-10,12-15H,11,27H2,1-3H3,(H,28,34)(H,29,31,32). The van der Waals surface area contributed by atoms with Crippen molar-refractivity contribution in [2.75, 3.05) is 18.2 Å². The summed E-state index contributed by atoms with van der Waals surface area (Å²) in [6.07, 6.45) is 5.14. The van der Waals surface area contributed by atoms with Crippen molar-refractivity contribution in [2.24, 2.45) is 0 Å². The Morgan fingerprint density at radius 1 is 1.20 bits per heavy atom. The molecule has 0 spiro atoms. The summed E-state index contributed by atoms with van der Waals surface area (Å²) in [4.78, 5) is 21.5. The third-order valence-electron chi connectivity index (χ3n) is 5.26. The fourth-order valence-electron chi connectivity index (χ4n) is 3.42. The minimum Gasteiger partial charge on any atom is -0.495 e. The number of amides is 1. The highest BCUT2D eigenvalue weighted by molar-refractivity contribution is 6.32. The monoisotopic (exact) mass is 491 g/mol. The Kier molecular flexibility index (Phi) is 7.17. The predicted molar refractivity (Wildman–Crippen MR) is 137 cm³/mol. The molecule has 0 atom stereocenters. The van der Waals surface area contributed by atoms with Gasteiger partial charge < -0.3 is 21.1 Å². The van der Waals surface area contributed by atoms with Crippen LogP contribution in [0, 0.1) is 0 Å². The second kappa shape index (κ2) is 10.4. The molecule has 0 aliphatic carbocycles. The number of carbonyl (C=O) groups is 1. The van der Waals surface area contributed by atoms with E-state index in [-0.39, 0.29) is 11.9 Å². The maximum absolute atomic E-state index is 12.7. The van der Waals surface area contributed by atoms with Gasteiger partial charge in [-0.2, -0.15) is 5.10 Å². The first-order valence-electron chi connectivity index (χ1n) is 11.0. The number of nitrogen functional groups attached to an aromatic ring is 1. The van der Waals surface area contributed by atoms with Crippen LogP contribution < -0.4 is 21.1 Å². The smallest absolute Gasteiger partial charge is 0.251 e. The summed E-state index contributed by atoms with van der Waals surface area (Å²) >= 11 is 6.35. The third kappa shape index (κ3) is 5.70. The van der Waals surface area contributed by atoms with Crippen molar-refractivity contribution in [3.8, 4) is 17.0 Å². The summed E-state index contributed by atoms with van der Waals surface area (Å²) in [6.45, 7) is 4.44. The van der Waals surface area contributed by atoms with Gasteiger partial charge in [0, 0.05) is 35.6 Å². The highest BCUT2D eigenvalue weighted by Crippen LogP contribution is 2.30. The third-order valence-corrected chi connectivity index (χ3v) is 5.54. The lowest BCUT2D eigenvalue weighted by atomic mass is 10.1. The maximum atomic E-state index is 12.7. The Hall–Kier alpha value is -4.11. The molecule has 0 aliphatic heterocycles. The molecule has 4 N–H and O–H groups in total. The van der Waals surface area contributed by atoms with E-state index >= 15 is 0 Å². The Morgan fingerprint density at radius 2 is 2.03 bits per heavy atom. The largest absolute Gasteiger partial charge is 0.495 e. The number of nitrogens with one attached hydrogen (secondary N) is 2. The maximum Gasteiger partial charge on any atom is 0.251 e. The molecule has 10 heteroatoms. The molecule has 4 rings (SSSR count). The van der Waals surface area contributed by atoms with E-state index in [9.17, 15) is 4.79 Å². The van der Waals surface area contributed by atoms with Crippen LogP contribution in [0.4, 0.5) is 17.3 Å². The molecule has 0 radical (unpaired) electrons. The number of ether oxygens (including phenoxy) is 1. The number of anilines is 3. The van der Waals surface area contributed by atoms with Crippen LogP contribution in [0.2, 0.25) is 5.02 Å². The second-order valence-electron chi connectivity index (χ2n) is 8.16. The molecular weight excluding hydrogens is 466 g/mol. The van der Waals surface area contributed by atoms with Crippen LogP contribution in [-0.2, 0) is 6.54 Å². The molecule has 9 nitrogen and oxygen atoms in total. The number of rotatable bonds is 8. The van der Waals surface area contributed by atoms with Gasteiger partial charge in [0.2, 0.25) is 5.95 Å². The van der Waals surface area contributed by atoms with Gasteiger partial charge in [0.15, 0.2) is 0 Å². The van der Waals surface area contributed by atoms with Gasteiger partial charge >= 0.3 is 0 Å². The van der Waals surface area contributed by atoms with E-state index in [4.69, 9.17) is 22.1 Å². The van der Waals surface area contributed by atoms with E-state index in [2.05, 4.69) is 25.7 Å². The van der Waals surface area contributed by atoms with E-state index in [0.717, 1.165) is 11.1 Å². The normalized spacial score (nSPS) is 10.9. The first-order chi connectivity index (χ1) is 16.8. The number of carbonyl (C=O) groups excluding carboxylic acids is 1. The van der Waals surface area contributed by atoms with Gasteiger partial charge in [0.05, 0.1) is 35.9 Å². The molecule has 2 aromatic heterocycles. The molecule has 2 aromatic carbocycles. The summed E-state index contributed by atoms with van der Waals surface area (Å²) in [6, 6.07) is 12.7. The lowest BCUT2D eigenvalue weighted by Gasteiger charge is -2.13. The number of nitrogens with two attached hydrogens (primary N) is 1. The Balaban J connectivity index is 1.51. The highest BCUT2D eigenvalue weighted by atomic mass is 35.5. The zero-order valence-corrected chi connectivity index (χ0v) is 20.4. The minimum atomic E-state index is -0.232. The number of aromatic nitrogens is 4. The highest BCUT2D eigenvalue weighted by Gasteiger charge is 2.14. The number of methoxy groups -OCH3 is 1. The number of nitrogens with zero attached hydrogens (tertiary/aromatic N) is 4. The molecule has 35 heavy (non-hydrogen) atoms.